The minimum Gasteiger partial charge on any atom is -0.366 e. The predicted octanol–water partition coefficient (Wildman–Crippen LogP) is 3.50. The number of nitrogens with two attached hydrogens (primary N) is 1. The molecule has 0 bridgehead atoms. The van der Waals surface area contributed by atoms with Gasteiger partial charge in [0.15, 0.2) is 0 Å². The summed E-state index contributed by atoms with van der Waals surface area (Å²) in [6.45, 7) is 0. The van der Waals surface area contributed by atoms with Crippen molar-refractivity contribution in [1.29, 1.82) is 0 Å². The summed E-state index contributed by atoms with van der Waals surface area (Å²) in [5.41, 5.74) is 4.10. The summed E-state index contributed by atoms with van der Waals surface area (Å²) < 4.78 is 55.0. The van der Waals surface area contributed by atoms with Crippen LogP contribution in [0.25, 0.3) is 0 Å². The molecule has 0 aliphatic heterocycles. The van der Waals surface area contributed by atoms with E-state index in [1.54, 1.807) is 0 Å². The molecule has 154 valence electrons. The third-order valence-corrected chi connectivity index (χ3v) is 5.81. The fourth-order valence-corrected chi connectivity index (χ4v) is 4.26. The van der Waals surface area contributed by atoms with Crippen LogP contribution in [0.5, 0.6) is 0 Å². The first-order valence-corrected chi connectivity index (χ1v) is 9.70. The summed E-state index contributed by atoms with van der Waals surface area (Å²) in [6.07, 6.45) is 0. The average Bonchev–Trinajstić information content (AvgIpc) is 2.67. The lowest BCUT2D eigenvalue weighted by Crippen LogP contribution is -2.29. The number of hydrogen-bond donors (Lipinski definition) is 1. The van der Waals surface area contributed by atoms with Crippen molar-refractivity contribution in [2.75, 3.05) is 4.31 Å². The van der Waals surface area contributed by atoms with Gasteiger partial charge in [-0.25, -0.2) is 21.5 Å². The summed E-state index contributed by atoms with van der Waals surface area (Å²) in [6, 6.07) is 11.3. The van der Waals surface area contributed by atoms with Crippen molar-refractivity contribution < 1.29 is 26.9 Å². The maximum absolute atomic E-state index is 13.9. The average molecular weight is 433 g/mol. The highest BCUT2D eigenvalue weighted by atomic mass is 32.2. The largest absolute Gasteiger partial charge is 0.366 e. The van der Waals surface area contributed by atoms with Gasteiger partial charge in [0.05, 0.1) is 26.8 Å². The van der Waals surface area contributed by atoms with E-state index in [1.807, 2.05) is 0 Å². The van der Waals surface area contributed by atoms with Crippen LogP contribution in [0.4, 0.5) is 25.8 Å². The first-order valence-electron chi connectivity index (χ1n) is 8.26. The van der Waals surface area contributed by atoms with E-state index in [1.165, 1.54) is 24.3 Å². The molecule has 0 aliphatic carbocycles. The van der Waals surface area contributed by atoms with Gasteiger partial charge in [-0.15, -0.1) is 0 Å². The number of benzene rings is 3. The molecule has 0 atom stereocenters. The number of primary amides is 1. The lowest BCUT2D eigenvalue weighted by molar-refractivity contribution is -0.384. The number of nitro groups is 1. The number of nitro benzene ring substituents is 1. The Balaban J connectivity index is 2.29. The van der Waals surface area contributed by atoms with Crippen molar-refractivity contribution in [3.63, 3.8) is 0 Å². The lowest BCUT2D eigenvalue weighted by atomic mass is 10.1. The zero-order valence-corrected chi connectivity index (χ0v) is 15.8. The third kappa shape index (κ3) is 3.96. The number of para-hydroxylation sites is 1. The molecule has 3 aromatic carbocycles. The monoisotopic (exact) mass is 433 g/mol. The fraction of sp³-hybridized carbons (Fsp3) is 0. The van der Waals surface area contributed by atoms with E-state index in [0.717, 1.165) is 36.4 Å². The zero-order chi connectivity index (χ0) is 22.1. The van der Waals surface area contributed by atoms with E-state index in [0.29, 0.717) is 10.4 Å². The van der Waals surface area contributed by atoms with E-state index in [4.69, 9.17) is 5.73 Å². The van der Waals surface area contributed by atoms with Gasteiger partial charge >= 0.3 is 0 Å². The number of non-ortho nitro benzene ring substituents is 1. The van der Waals surface area contributed by atoms with Crippen LogP contribution in [-0.4, -0.2) is 19.2 Å². The van der Waals surface area contributed by atoms with Crippen LogP contribution in [0.3, 0.4) is 0 Å². The minimum absolute atomic E-state index is 0.215. The van der Waals surface area contributed by atoms with Crippen LogP contribution >= 0.6 is 0 Å². The quantitative estimate of drug-likeness (QED) is 0.471. The highest BCUT2D eigenvalue weighted by Gasteiger charge is 2.30. The van der Waals surface area contributed by atoms with Gasteiger partial charge in [0, 0.05) is 18.2 Å². The van der Waals surface area contributed by atoms with Crippen molar-refractivity contribution in [2.45, 2.75) is 4.90 Å². The van der Waals surface area contributed by atoms with E-state index in [-0.39, 0.29) is 16.9 Å². The summed E-state index contributed by atoms with van der Waals surface area (Å²) in [4.78, 5) is 21.6. The van der Waals surface area contributed by atoms with Crippen LogP contribution in [0.2, 0.25) is 0 Å². The van der Waals surface area contributed by atoms with Gasteiger partial charge in [-0.3, -0.25) is 14.9 Å². The molecule has 0 spiro atoms. The molecule has 0 aliphatic rings. The van der Waals surface area contributed by atoms with Crippen molar-refractivity contribution in [3.05, 3.63) is 94.0 Å². The Morgan fingerprint density at radius 1 is 0.967 bits per heavy atom. The Morgan fingerprint density at radius 3 is 2.07 bits per heavy atom. The molecule has 30 heavy (non-hydrogen) atoms. The van der Waals surface area contributed by atoms with Crippen LogP contribution in [-0.2, 0) is 10.0 Å². The smallest absolute Gasteiger partial charge is 0.269 e. The normalized spacial score (nSPS) is 11.1. The molecule has 3 rings (SSSR count). The number of amides is 1. The molecule has 0 radical (unpaired) electrons. The Hall–Kier alpha value is -3.86. The molecular weight excluding hydrogens is 420 g/mol. The standard InChI is InChI=1S/C19H13F2N3O5S/c20-12-9-13(21)11-15(10-12)23(18-4-2-1-3-17(18)19(22)25)30(28,29)16-7-5-14(6-8-16)24(26)27/h1-11H,(H2,22,25). The molecule has 0 saturated carbocycles. The SMILES string of the molecule is NC(=O)c1ccccc1N(c1cc(F)cc(F)c1)S(=O)(=O)c1ccc([N+](=O)[O-])cc1. The first-order chi connectivity index (χ1) is 14.1. The molecule has 0 heterocycles. The van der Waals surface area contributed by atoms with Gasteiger partial charge in [0.1, 0.15) is 11.6 Å². The van der Waals surface area contributed by atoms with Gasteiger partial charge < -0.3 is 5.73 Å². The van der Waals surface area contributed by atoms with Crippen LogP contribution < -0.4 is 10.0 Å². The Labute approximate surface area is 169 Å². The number of anilines is 2. The van der Waals surface area contributed by atoms with Crippen molar-refractivity contribution >= 4 is 33.0 Å². The van der Waals surface area contributed by atoms with Gasteiger partial charge in [0.25, 0.3) is 21.6 Å². The van der Waals surface area contributed by atoms with Crippen molar-refractivity contribution in [3.8, 4) is 0 Å². The first kappa shape index (κ1) is 20.9. The lowest BCUT2D eigenvalue weighted by Gasteiger charge is -2.26. The highest BCUT2D eigenvalue weighted by Crippen LogP contribution is 2.35. The Bertz CT molecular complexity index is 1230. The third-order valence-electron chi connectivity index (χ3n) is 4.06. The number of sulfonamides is 1. The molecule has 1 amide bonds. The van der Waals surface area contributed by atoms with Gasteiger partial charge in [-0.1, -0.05) is 12.1 Å². The van der Waals surface area contributed by atoms with Gasteiger partial charge in [-0.2, -0.15) is 0 Å². The van der Waals surface area contributed by atoms with Crippen molar-refractivity contribution in [1.82, 2.24) is 0 Å². The maximum Gasteiger partial charge on any atom is 0.269 e. The molecule has 0 aromatic heterocycles. The summed E-state index contributed by atoms with van der Waals surface area (Å²) in [7, 11) is -4.57. The maximum atomic E-state index is 13.9. The van der Waals surface area contributed by atoms with Crippen LogP contribution in [0.1, 0.15) is 10.4 Å². The molecule has 3 aromatic rings. The number of carbonyl (C=O) groups is 1. The fourth-order valence-electron chi connectivity index (χ4n) is 2.77. The number of halogens is 2. The van der Waals surface area contributed by atoms with Gasteiger partial charge in [-0.05, 0) is 36.4 Å². The number of hydrogen-bond acceptors (Lipinski definition) is 5. The zero-order valence-electron chi connectivity index (χ0n) is 15.0. The molecule has 11 heteroatoms. The van der Waals surface area contributed by atoms with Crippen LogP contribution in [0.15, 0.2) is 71.6 Å². The minimum atomic E-state index is -4.57. The van der Waals surface area contributed by atoms with E-state index < -0.39 is 43.1 Å². The highest BCUT2D eigenvalue weighted by molar-refractivity contribution is 7.93. The Morgan fingerprint density at radius 2 is 1.53 bits per heavy atom. The summed E-state index contributed by atoms with van der Waals surface area (Å²) >= 11 is 0. The van der Waals surface area contributed by atoms with E-state index in [2.05, 4.69) is 0 Å². The number of rotatable bonds is 6. The predicted molar refractivity (Wildman–Crippen MR) is 104 cm³/mol. The van der Waals surface area contributed by atoms with E-state index in [9.17, 15) is 32.1 Å². The number of nitrogens with zero attached hydrogens (tertiary/aromatic N) is 2. The van der Waals surface area contributed by atoms with Crippen molar-refractivity contribution in [2.24, 2.45) is 5.73 Å². The molecule has 0 fully saturated rings. The molecule has 8 nitrogen and oxygen atoms in total. The molecular formula is C19H13F2N3O5S. The Kier molecular flexibility index (Phi) is 5.47. The summed E-state index contributed by atoms with van der Waals surface area (Å²) in [5.74, 6) is -3.07. The van der Waals surface area contributed by atoms with Gasteiger partial charge in [0.2, 0.25) is 0 Å². The second-order valence-electron chi connectivity index (χ2n) is 6.03. The topological polar surface area (TPSA) is 124 Å². The summed E-state index contributed by atoms with van der Waals surface area (Å²) in [5, 5.41) is 10.8. The molecule has 0 saturated heterocycles. The van der Waals surface area contributed by atoms with Crippen LogP contribution in [0, 0.1) is 21.7 Å². The van der Waals surface area contributed by atoms with E-state index >= 15 is 0 Å². The number of carbonyl (C=O) groups excluding carboxylic acids is 1. The molecule has 0 unspecified atom stereocenters. The molecule has 2 N–H and O–H groups in total. The second kappa shape index (κ2) is 7.87. The second-order valence-corrected chi connectivity index (χ2v) is 7.82.